The summed E-state index contributed by atoms with van der Waals surface area (Å²) in [5.74, 6) is -4.15. The molecule has 110 valence electrons. The number of rotatable bonds is 8. The van der Waals surface area contributed by atoms with Crippen molar-refractivity contribution in [3.63, 3.8) is 0 Å². The summed E-state index contributed by atoms with van der Waals surface area (Å²) in [6, 6.07) is -1.52. The summed E-state index contributed by atoms with van der Waals surface area (Å²) in [7, 11) is -2.02. The molecule has 0 radical (unpaired) electrons. The number of nitrogens with one attached hydrogen (secondary N) is 1. The van der Waals surface area contributed by atoms with Gasteiger partial charge >= 0.3 is 17.9 Å². The molecule has 1 atom stereocenters. The Morgan fingerprint density at radius 1 is 1.16 bits per heavy atom. The second kappa shape index (κ2) is 7.69. The fourth-order valence-electron chi connectivity index (χ4n) is 1.07. The molecule has 0 aromatic carbocycles. The van der Waals surface area contributed by atoms with Crippen LogP contribution in [0.25, 0.3) is 0 Å². The maximum atomic E-state index is 11.4. The molecule has 0 aliphatic rings. The zero-order valence-electron chi connectivity index (χ0n) is 10.4. The van der Waals surface area contributed by atoms with Gasteiger partial charge in [0.05, 0.1) is 14.2 Å². The number of esters is 2. The minimum Gasteiger partial charge on any atom is -0.480 e. The Morgan fingerprint density at radius 2 is 1.68 bits per heavy atom. The van der Waals surface area contributed by atoms with E-state index >= 15 is 0 Å². The van der Waals surface area contributed by atoms with Crippen LogP contribution < -0.4 is 4.72 Å². The normalized spacial score (nSPS) is 12.5. The van der Waals surface area contributed by atoms with Crippen LogP contribution in [-0.2, 0) is 33.9 Å². The largest absolute Gasteiger partial charge is 0.480 e. The van der Waals surface area contributed by atoms with Crippen molar-refractivity contribution in [1.29, 1.82) is 0 Å². The quantitative estimate of drug-likeness (QED) is 0.516. The van der Waals surface area contributed by atoms with E-state index in [0.717, 1.165) is 14.2 Å². The first-order valence-electron chi connectivity index (χ1n) is 5.08. The van der Waals surface area contributed by atoms with Gasteiger partial charge in [-0.05, 0) is 6.42 Å². The number of sulfonamides is 1. The van der Waals surface area contributed by atoms with Crippen LogP contribution in [0.3, 0.4) is 0 Å². The van der Waals surface area contributed by atoms with Gasteiger partial charge in [0.25, 0.3) is 0 Å². The number of methoxy groups -OCH3 is 2. The summed E-state index contributed by atoms with van der Waals surface area (Å²) in [5.41, 5.74) is 0. The van der Waals surface area contributed by atoms with Crippen molar-refractivity contribution in [2.45, 2.75) is 18.9 Å². The molecule has 0 aliphatic carbocycles. The second-order valence-electron chi connectivity index (χ2n) is 3.46. The molecule has 0 saturated carbocycles. The predicted octanol–water partition coefficient (Wildman–Crippen LogP) is -1.51. The summed E-state index contributed by atoms with van der Waals surface area (Å²) in [6.07, 6.45) is -0.559. The van der Waals surface area contributed by atoms with Gasteiger partial charge in [0.2, 0.25) is 10.0 Å². The molecule has 0 heterocycles. The molecule has 0 aromatic rings. The third-order valence-corrected chi connectivity index (χ3v) is 3.28. The zero-order valence-corrected chi connectivity index (χ0v) is 11.2. The number of hydrogen-bond donors (Lipinski definition) is 2. The van der Waals surface area contributed by atoms with E-state index in [1.165, 1.54) is 0 Å². The number of carbonyl (C=O) groups is 3. The van der Waals surface area contributed by atoms with Crippen molar-refractivity contribution in [1.82, 2.24) is 4.72 Å². The summed E-state index contributed by atoms with van der Waals surface area (Å²) >= 11 is 0. The van der Waals surface area contributed by atoms with E-state index in [0.29, 0.717) is 0 Å². The first-order chi connectivity index (χ1) is 8.71. The number of ether oxygens (including phenoxy) is 2. The van der Waals surface area contributed by atoms with Gasteiger partial charge in [-0.1, -0.05) is 0 Å². The second-order valence-corrected chi connectivity index (χ2v) is 5.21. The Labute approximate surface area is 109 Å². The lowest BCUT2D eigenvalue weighted by molar-refractivity contribution is -0.142. The standard InChI is InChI=1S/C9H15NO8S/c1-17-7(11)4-3-6(9(13)14)10-19(15,16)5-8(12)18-2/h6,10H,3-5H2,1-2H3,(H,13,14)/t6-/m0/s1. The number of carboxylic acid groups (broad SMARTS) is 1. The summed E-state index contributed by atoms with van der Waals surface area (Å²) in [4.78, 5) is 32.5. The van der Waals surface area contributed by atoms with Crippen LogP contribution in [-0.4, -0.2) is 57.4 Å². The van der Waals surface area contributed by atoms with Gasteiger partial charge in [-0.2, -0.15) is 0 Å². The van der Waals surface area contributed by atoms with Gasteiger partial charge in [0, 0.05) is 6.42 Å². The van der Waals surface area contributed by atoms with E-state index in [2.05, 4.69) is 9.47 Å². The maximum Gasteiger partial charge on any atom is 0.322 e. The molecule has 0 rings (SSSR count). The SMILES string of the molecule is COC(=O)CC[C@H](NS(=O)(=O)CC(=O)OC)C(=O)O. The summed E-state index contributed by atoms with van der Waals surface area (Å²) < 4.78 is 33.1. The van der Waals surface area contributed by atoms with Gasteiger partial charge in [0.15, 0.2) is 5.75 Å². The summed E-state index contributed by atoms with van der Waals surface area (Å²) in [6.45, 7) is 0. The van der Waals surface area contributed by atoms with E-state index in [4.69, 9.17) is 5.11 Å². The first kappa shape index (κ1) is 17.3. The van der Waals surface area contributed by atoms with E-state index in [-0.39, 0.29) is 12.8 Å². The average Bonchev–Trinajstić information content (AvgIpc) is 2.32. The number of aliphatic carboxylic acids is 1. The zero-order chi connectivity index (χ0) is 15.1. The molecule has 10 heteroatoms. The van der Waals surface area contributed by atoms with Gasteiger partial charge < -0.3 is 14.6 Å². The number of carbonyl (C=O) groups excluding carboxylic acids is 2. The van der Waals surface area contributed by atoms with Crippen molar-refractivity contribution in [2.24, 2.45) is 0 Å². The van der Waals surface area contributed by atoms with Gasteiger partial charge in [-0.25, -0.2) is 13.1 Å². The fraction of sp³-hybridized carbons (Fsp3) is 0.667. The highest BCUT2D eigenvalue weighted by atomic mass is 32.2. The molecule has 9 nitrogen and oxygen atoms in total. The fourth-order valence-corrected chi connectivity index (χ4v) is 2.23. The first-order valence-corrected chi connectivity index (χ1v) is 6.73. The third kappa shape index (κ3) is 7.36. The Kier molecular flexibility index (Phi) is 7.01. The lowest BCUT2D eigenvalue weighted by atomic mass is 10.2. The third-order valence-electron chi connectivity index (χ3n) is 2.02. The highest BCUT2D eigenvalue weighted by molar-refractivity contribution is 7.90. The van der Waals surface area contributed by atoms with Crippen LogP contribution in [0.1, 0.15) is 12.8 Å². The highest BCUT2D eigenvalue weighted by Gasteiger charge is 2.26. The topological polar surface area (TPSA) is 136 Å². The van der Waals surface area contributed by atoms with Crippen molar-refractivity contribution in [3.8, 4) is 0 Å². The minimum atomic E-state index is -4.15. The molecule has 2 N–H and O–H groups in total. The lowest BCUT2D eigenvalue weighted by Crippen LogP contribution is -2.43. The Balaban J connectivity index is 4.62. The predicted molar refractivity (Wildman–Crippen MR) is 61.6 cm³/mol. The molecule has 0 fully saturated rings. The van der Waals surface area contributed by atoms with Crippen molar-refractivity contribution >= 4 is 27.9 Å². The van der Waals surface area contributed by atoms with Crippen LogP contribution in [0.15, 0.2) is 0 Å². The van der Waals surface area contributed by atoms with Crippen LogP contribution in [0.2, 0.25) is 0 Å². The average molecular weight is 297 g/mol. The van der Waals surface area contributed by atoms with E-state index < -0.39 is 39.7 Å². The minimum absolute atomic E-state index is 0.270. The highest BCUT2D eigenvalue weighted by Crippen LogP contribution is 2.02. The number of hydrogen-bond acceptors (Lipinski definition) is 7. The van der Waals surface area contributed by atoms with Crippen LogP contribution in [0.4, 0.5) is 0 Å². The molecule has 0 aromatic heterocycles. The van der Waals surface area contributed by atoms with E-state index in [1.807, 2.05) is 0 Å². The molecular weight excluding hydrogens is 282 g/mol. The van der Waals surface area contributed by atoms with Gasteiger partial charge in [0.1, 0.15) is 6.04 Å². The van der Waals surface area contributed by atoms with Crippen LogP contribution >= 0.6 is 0 Å². The molecule has 0 unspecified atom stereocenters. The Morgan fingerprint density at radius 3 is 2.11 bits per heavy atom. The molecule has 0 aliphatic heterocycles. The van der Waals surface area contributed by atoms with E-state index in [1.54, 1.807) is 4.72 Å². The van der Waals surface area contributed by atoms with Crippen molar-refractivity contribution in [3.05, 3.63) is 0 Å². The summed E-state index contributed by atoms with van der Waals surface area (Å²) in [5, 5.41) is 8.82. The van der Waals surface area contributed by atoms with Crippen molar-refractivity contribution in [2.75, 3.05) is 20.0 Å². The van der Waals surface area contributed by atoms with E-state index in [9.17, 15) is 22.8 Å². The Hall–Kier alpha value is -1.68. The van der Waals surface area contributed by atoms with Gasteiger partial charge in [-0.3, -0.25) is 14.4 Å². The number of carboxylic acids is 1. The monoisotopic (exact) mass is 297 g/mol. The molecular formula is C9H15NO8S. The molecule has 0 spiro atoms. The van der Waals surface area contributed by atoms with Crippen molar-refractivity contribution < 1.29 is 37.4 Å². The smallest absolute Gasteiger partial charge is 0.322 e. The van der Waals surface area contributed by atoms with Crippen LogP contribution in [0.5, 0.6) is 0 Å². The lowest BCUT2D eigenvalue weighted by Gasteiger charge is -2.13. The van der Waals surface area contributed by atoms with Gasteiger partial charge in [-0.15, -0.1) is 0 Å². The Bertz CT molecular complexity index is 443. The van der Waals surface area contributed by atoms with Crippen LogP contribution in [0, 0.1) is 0 Å². The maximum absolute atomic E-state index is 11.4. The molecule has 0 saturated heterocycles. The molecule has 0 amide bonds. The molecule has 0 bridgehead atoms. The molecule has 19 heavy (non-hydrogen) atoms.